The molecule has 1 heterocycles. The fourth-order valence-electron chi connectivity index (χ4n) is 2.32. The lowest BCUT2D eigenvalue weighted by Crippen LogP contribution is -2.63. The molecule has 2 rings (SSSR count). The Labute approximate surface area is 148 Å². The van der Waals surface area contributed by atoms with Gasteiger partial charge in [0.05, 0.1) is 17.7 Å². The molecule has 1 aromatic rings. The van der Waals surface area contributed by atoms with Crippen LogP contribution in [0.3, 0.4) is 0 Å². The van der Waals surface area contributed by atoms with E-state index < -0.39 is 47.5 Å². The number of rotatable bonds is 3. The van der Waals surface area contributed by atoms with Crippen LogP contribution in [0.25, 0.3) is 0 Å². The monoisotopic (exact) mass is 427 g/mol. The van der Waals surface area contributed by atoms with Crippen LogP contribution in [-0.4, -0.2) is 47.5 Å². The Hall–Kier alpha value is -1.68. The van der Waals surface area contributed by atoms with Crippen molar-refractivity contribution in [2.75, 3.05) is 0 Å². The zero-order valence-corrected chi connectivity index (χ0v) is 14.4. The van der Waals surface area contributed by atoms with Crippen molar-refractivity contribution >= 4 is 27.8 Å². The first-order valence-corrected chi connectivity index (χ1v) is 8.10. The number of carbonyl (C=O) groups excluding carboxylic acids is 2. The van der Waals surface area contributed by atoms with Crippen molar-refractivity contribution in [3.05, 3.63) is 35.9 Å². The molecule has 1 aliphatic rings. The predicted molar refractivity (Wildman–Crippen MR) is 81.8 cm³/mol. The largest absolute Gasteiger partial charge is 0.471 e. The maximum atomic E-state index is 14.4. The van der Waals surface area contributed by atoms with E-state index in [9.17, 15) is 27.2 Å². The maximum Gasteiger partial charge on any atom is 0.471 e. The van der Waals surface area contributed by atoms with Gasteiger partial charge < -0.3 is 14.8 Å². The predicted octanol–water partition coefficient (Wildman–Crippen LogP) is 2.74. The van der Waals surface area contributed by atoms with Crippen molar-refractivity contribution in [3.63, 3.8) is 0 Å². The third-order valence-corrected chi connectivity index (χ3v) is 4.30. The summed E-state index contributed by atoms with van der Waals surface area (Å²) in [5.41, 5.74) is 0.0980. The van der Waals surface area contributed by atoms with Gasteiger partial charge in [-0.25, -0.2) is 9.18 Å². The Kier molecular flexibility index (Phi) is 6.04. The van der Waals surface area contributed by atoms with E-state index in [-0.39, 0.29) is 5.56 Å². The second-order valence-electron chi connectivity index (χ2n) is 5.37. The molecule has 1 aromatic carbocycles. The molecule has 0 saturated carbocycles. The number of hydrogen-bond donors (Lipinski definition) is 1. The molecule has 138 valence electrons. The van der Waals surface area contributed by atoms with Gasteiger partial charge in [0.25, 0.3) is 0 Å². The van der Waals surface area contributed by atoms with Crippen LogP contribution in [-0.2, 0) is 14.3 Å². The van der Waals surface area contributed by atoms with Crippen molar-refractivity contribution in [1.29, 1.82) is 0 Å². The van der Waals surface area contributed by atoms with Gasteiger partial charge in [-0.3, -0.25) is 4.79 Å². The minimum Gasteiger partial charge on any atom is -0.453 e. The van der Waals surface area contributed by atoms with Crippen LogP contribution in [0.5, 0.6) is 0 Å². The summed E-state index contributed by atoms with van der Waals surface area (Å²) >= 11 is 2.89. The van der Waals surface area contributed by atoms with E-state index in [0.29, 0.717) is 0 Å². The zero-order chi connectivity index (χ0) is 18.8. The van der Waals surface area contributed by atoms with Crippen molar-refractivity contribution in [2.24, 2.45) is 0 Å². The van der Waals surface area contributed by atoms with Crippen LogP contribution in [0.2, 0.25) is 0 Å². The maximum absolute atomic E-state index is 14.4. The molecule has 10 heteroatoms. The fraction of sp³-hybridized carbons (Fsp3) is 0.467. The molecule has 0 aromatic heterocycles. The number of nitrogens with one attached hydrogen (secondary N) is 1. The van der Waals surface area contributed by atoms with Crippen LogP contribution in [0.15, 0.2) is 30.3 Å². The lowest BCUT2D eigenvalue weighted by atomic mass is 9.98. The number of hydrogen-bond acceptors (Lipinski definition) is 4. The lowest BCUT2D eigenvalue weighted by molar-refractivity contribution is -0.181. The molecule has 0 spiro atoms. The quantitative estimate of drug-likeness (QED) is 0.457. The van der Waals surface area contributed by atoms with Gasteiger partial charge in [-0.1, -0.05) is 34.1 Å². The van der Waals surface area contributed by atoms with E-state index in [1.165, 1.54) is 19.1 Å². The number of benzene rings is 1. The van der Waals surface area contributed by atoms with Crippen LogP contribution in [0.1, 0.15) is 17.3 Å². The van der Waals surface area contributed by atoms with Gasteiger partial charge >= 0.3 is 18.1 Å². The molecule has 1 amide bonds. The number of carbonyl (C=O) groups is 2. The molecule has 5 nitrogen and oxygen atoms in total. The molecule has 1 N–H and O–H groups in total. The van der Waals surface area contributed by atoms with Gasteiger partial charge in [0.1, 0.15) is 5.01 Å². The van der Waals surface area contributed by atoms with Crippen LogP contribution < -0.4 is 5.32 Å². The minimum absolute atomic E-state index is 0.0980. The average Bonchev–Trinajstić information content (AvgIpc) is 2.55. The second kappa shape index (κ2) is 7.69. The third kappa shape index (κ3) is 4.69. The summed E-state index contributed by atoms with van der Waals surface area (Å²) in [7, 11) is 0. The topological polar surface area (TPSA) is 64.6 Å². The van der Waals surface area contributed by atoms with Crippen molar-refractivity contribution in [3.8, 4) is 0 Å². The van der Waals surface area contributed by atoms with Crippen LogP contribution >= 0.6 is 15.9 Å². The first-order chi connectivity index (χ1) is 11.6. The third-order valence-electron chi connectivity index (χ3n) is 3.58. The van der Waals surface area contributed by atoms with Crippen molar-refractivity contribution in [2.45, 2.75) is 42.5 Å². The molecule has 0 radical (unpaired) electrons. The normalized spacial score (nSPS) is 29.8. The first kappa shape index (κ1) is 19.6. The van der Waals surface area contributed by atoms with E-state index in [1.807, 2.05) is 0 Å². The highest BCUT2D eigenvalue weighted by Crippen LogP contribution is 2.30. The van der Waals surface area contributed by atoms with Gasteiger partial charge in [-0.05, 0) is 19.1 Å². The Morgan fingerprint density at radius 3 is 2.40 bits per heavy atom. The van der Waals surface area contributed by atoms with E-state index in [0.717, 1.165) is 0 Å². The number of alkyl halides is 5. The van der Waals surface area contributed by atoms with Gasteiger partial charge in [-0.2, -0.15) is 13.2 Å². The second-order valence-corrected chi connectivity index (χ2v) is 6.27. The van der Waals surface area contributed by atoms with Gasteiger partial charge in [0.15, 0.2) is 12.3 Å². The molecular formula is C15H14BrF4NO4. The zero-order valence-electron chi connectivity index (χ0n) is 12.8. The van der Waals surface area contributed by atoms with E-state index in [1.54, 1.807) is 23.5 Å². The Balaban J connectivity index is 2.21. The Morgan fingerprint density at radius 2 is 1.84 bits per heavy atom. The summed E-state index contributed by atoms with van der Waals surface area (Å²) in [5, 5.41) is 0.441. The first-order valence-electron chi connectivity index (χ1n) is 7.18. The molecule has 5 atom stereocenters. The lowest BCUT2D eigenvalue weighted by Gasteiger charge is -2.40. The van der Waals surface area contributed by atoms with Crippen LogP contribution in [0.4, 0.5) is 17.6 Å². The Morgan fingerprint density at radius 1 is 1.24 bits per heavy atom. The highest BCUT2D eigenvalue weighted by molar-refractivity contribution is 9.09. The fourth-order valence-corrected chi connectivity index (χ4v) is 2.96. The number of amides is 1. The van der Waals surface area contributed by atoms with Crippen molar-refractivity contribution < 1.29 is 36.6 Å². The summed E-state index contributed by atoms with van der Waals surface area (Å²) in [6.07, 6.45) is -9.84. The molecular weight excluding hydrogens is 414 g/mol. The summed E-state index contributed by atoms with van der Waals surface area (Å²) in [6, 6.07) is 6.05. The summed E-state index contributed by atoms with van der Waals surface area (Å²) < 4.78 is 62.1. The molecule has 1 saturated heterocycles. The highest BCUT2D eigenvalue weighted by Gasteiger charge is 2.50. The number of ether oxygens (including phenoxy) is 2. The van der Waals surface area contributed by atoms with Gasteiger partial charge in [-0.15, -0.1) is 0 Å². The molecule has 0 aliphatic carbocycles. The van der Waals surface area contributed by atoms with E-state index in [2.05, 4.69) is 15.9 Å². The highest BCUT2D eigenvalue weighted by atomic mass is 79.9. The Bertz CT molecular complexity index is 628. The molecule has 25 heavy (non-hydrogen) atoms. The summed E-state index contributed by atoms with van der Waals surface area (Å²) in [6.45, 7) is 1.34. The summed E-state index contributed by atoms with van der Waals surface area (Å²) in [5.74, 6) is -3.19. The minimum atomic E-state index is -5.16. The molecule has 0 unspecified atom stereocenters. The van der Waals surface area contributed by atoms with E-state index in [4.69, 9.17) is 9.47 Å². The molecule has 1 fully saturated rings. The average molecular weight is 428 g/mol. The van der Waals surface area contributed by atoms with E-state index >= 15 is 0 Å². The smallest absolute Gasteiger partial charge is 0.453 e. The standard InChI is InChI=1S/C15H14BrF4NO4/c1-7-10(21-14(23)15(18,19)20)11(9(17)12(16)24-7)25-13(22)8-5-3-2-4-6-8/h2-7,9-12H,1H3,(H,21,23)/t7-,9+,10+,11-,12+/m0/s1. The van der Waals surface area contributed by atoms with Gasteiger partial charge in [0.2, 0.25) is 0 Å². The SMILES string of the molecule is C[C@@H]1O[C@@H](Br)[C@H](F)[C@H](OC(=O)c2ccccc2)[C@@H]1NC(=O)C(F)(F)F. The molecule has 0 bridgehead atoms. The summed E-state index contributed by atoms with van der Waals surface area (Å²) in [4.78, 5) is 23.3. The van der Waals surface area contributed by atoms with Gasteiger partial charge in [0, 0.05) is 0 Å². The van der Waals surface area contributed by atoms with Crippen molar-refractivity contribution in [1.82, 2.24) is 5.32 Å². The number of halogens is 5. The molecule has 1 aliphatic heterocycles. The number of esters is 1. The van der Waals surface area contributed by atoms with Crippen LogP contribution in [0, 0.1) is 0 Å².